The normalized spacial score (nSPS) is 34.8. The van der Waals surface area contributed by atoms with Crippen molar-refractivity contribution in [3.05, 3.63) is 0 Å². The van der Waals surface area contributed by atoms with Crippen molar-refractivity contribution in [2.45, 2.75) is 32.7 Å². The van der Waals surface area contributed by atoms with Crippen LogP contribution in [0.4, 0.5) is 0 Å². The second-order valence-electron chi connectivity index (χ2n) is 2.35. The highest BCUT2D eigenvalue weighted by atomic mass is 14.9. The second-order valence-corrected chi connectivity index (χ2v) is 2.35. The molecule has 1 nitrogen and oxygen atoms in total. The summed E-state index contributed by atoms with van der Waals surface area (Å²) in [5.74, 6) is 0.806. The monoisotopic (exact) mass is 111 g/mol. The molecule has 0 aromatic heterocycles. The molecule has 0 radical (unpaired) electrons. The van der Waals surface area contributed by atoms with Crippen LogP contribution in [-0.4, -0.2) is 12.3 Å². The molecule has 0 fully saturated rings. The van der Waals surface area contributed by atoms with Crippen LogP contribution < -0.4 is 0 Å². The molecule has 46 valence electrons. The van der Waals surface area contributed by atoms with Crippen molar-refractivity contribution in [3.63, 3.8) is 0 Å². The first-order valence-electron chi connectivity index (χ1n) is 3.41. The molecular formula is C7H13N. The summed E-state index contributed by atoms with van der Waals surface area (Å²) in [6.07, 6.45) is 4.56. The molecule has 0 amide bonds. The molecule has 1 heteroatoms. The van der Waals surface area contributed by atoms with Crippen molar-refractivity contribution in [2.75, 3.05) is 0 Å². The molecule has 0 saturated heterocycles. The summed E-state index contributed by atoms with van der Waals surface area (Å²) in [5, 5.41) is 0. The Labute approximate surface area is 50.8 Å². The Morgan fingerprint density at radius 3 is 2.25 bits per heavy atom. The molecule has 2 atom stereocenters. The van der Waals surface area contributed by atoms with Gasteiger partial charge in [0.2, 0.25) is 0 Å². The van der Waals surface area contributed by atoms with Crippen LogP contribution in [-0.2, 0) is 0 Å². The van der Waals surface area contributed by atoms with E-state index in [0.717, 1.165) is 5.92 Å². The fraction of sp³-hybridized carbons (Fsp3) is 0.857. The zero-order valence-corrected chi connectivity index (χ0v) is 5.59. The van der Waals surface area contributed by atoms with Gasteiger partial charge in [0.15, 0.2) is 0 Å². The van der Waals surface area contributed by atoms with Crippen LogP contribution >= 0.6 is 0 Å². The maximum Gasteiger partial charge on any atom is 0.0570 e. The fourth-order valence-electron chi connectivity index (χ4n) is 1.12. The van der Waals surface area contributed by atoms with Crippen LogP contribution in [0.25, 0.3) is 0 Å². The van der Waals surface area contributed by atoms with Crippen LogP contribution in [0.1, 0.15) is 26.7 Å². The van der Waals surface area contributed by atoms with Crippen LogP contribution in [0.2, 0.25) is 0 Å². The Morgan fingerprint density at radius 2 is 2.12 bits per heavy atom. The molecule has 0 aromatic rings. The molecular weight excluding hydrogens is 98.1 g/mol. The van der Waals surface area contributed by atoms with E-state index in [4.69, 9.17) is 0 Å². The van der Waals surface area contributed by atoms with E-state index in [1.54, 1.807) is 0 Å². The van der Waals surface area contributed by atoms with Crippen molar-refractivity contribution in [2.24, 2.45) is 10.9 Å². The van der Waals surface area contributed by atoms with Gasteiger partial charge in [-0.15, -0.1) is 0 Å². The highest BCUT2D eigenvalue weighted by molar-refractivity contribution is 5.67. The molecule has 0 saturated carbocycles. The number of nitrogens with zero attached hydrogens (tertiary/aromatic N) is 1. The highest BCUT2D eigenvalue weighted by Gasteiger charge is 2.21. The Bertz CT molecular complexity index is 84.6. The molecule has 1 rings (SSSR count). The third-order valence-electron chi connectivity index (χ3n) is 1.85. The smallest absolute Gasteiger partial charge is 0.0570 e. The van der Waals surface area contributed by atoms with E-state index < -0.39 is 0 Å². The first-order valence-corrected chi connectivity index (χ1v) is 3.41. The molecule has 1 heterocycles. The van der Waals surface area contributed by atoms with Gasteiger partial charge in [0.05, 0.1) is 6.04 Å². The minimum atomic E-state index is 0.667. The SMILES string of the molecule is CCC1C=NC1CC. The summed E-state index contributed by atoms with van der Waals surface area (Å²) >= 11 is 0. The Balaban J connectivity index is 2.30. The lowest BCUT2D eigenvalue weighted by Crippen LogP contribution is -2.27. The average molecular weight is 111 g/mol. The van der Waals surface area contributed by atoms with E-state index in [0.29, 0.717) is 6.04 Å². The van der Waals surface area contributed by atoms with Gasteiger partial charge in [-0.05, 0) is 12.8 Å². The maximum absolute atomic E-state index is 4.21. The lowest BCUT2D eigenvalue weighted by atomic mass is 9.92. The third-order valence-corrected chi connectivity index (χ3v) is 1.85. The number of rotatable bonds is 2. The Kier molecular flexibility index (Phi) is 1.66. The van der Waals surface area contributed by atoms with Crippen molar-refractivity contribution in [1.29, 1.82) is 0 Å². The van der Waals surface area contributed by atoms with Crippen molar-refractivity contribution >= 4 is 6.21 Å². The van der Waals surface area contributed by atoms with Gasteiger partial charge in [-0.2, -0.15) is 0 Å². The summed E-state index contributed by atoms with van der Waals surface area (Å²) in [4.78, 5) is 4.21. The molecule has 0 N–H and O–H groups in total. The lowest BCUT2D eigenvalue weighted by molar-refractivity contribution is 0.466. The van der Waals surface area contributed by atoms with Gasteiger partial charge in [0, 0.05) is 12.1 Å². The summed E-state index contributed by atoms with van der Waals surface area (Å²) in [6.45, 7) is 4.42. The molecule has 0 aliphatic carbocycles. The number of hydrogen-bond acceptors (Lipinski definition) is 1. The van der Waals surface area contributed by atoms with Crippen molar-refractivity contribution in [1.82, 2.24) is 0 Å². The topological polar surface area (TPSA) is 12.4 Å². The quantitative estimate of drug-likeness (QED) is 0.516. The largest absolute Gasteiger partial charge is 0.293 e. The average Bonchev–Trinajstić information content (AvgIpc) is 1.66. The molecule has 2 unspecified atom stereocenters. The van der Waals surface area contributed by atoms with Gasteiger partial charge in [0.1, 0.15) is 0 Å². The van der Waals surface area contributed by atoms with E-state index >= 15 is 0 Å². The van der Waals surface area contributed by atoms with E-state index in [9.17, 15) is 0 Å². The van der Waals surface area contributed by atoms with Gasteiger partial charge in [-0.3, -0.25) is 4.99 Å². The minimum Gasteiger partial charge on any atom is -0.293 e. The van der Waals surface area contributed by atoms with E-state index in [-0.39, 0.29) is 0 Å². The first-order chi connectivity index (χ1) is 3.88. The minimum absolute atomic E-state index is 0.667. The zero-order chi connectivity index (χ0) is 5.98. The van der Waals surface area contributed by atoms with Gasteiger partial charge < -0.3 is 0 Å². The lowest BCUT2D eigenvalue weighted by Gasteiger charge is -2.25. The van der Waals surface area contributed by atoms with Gasteiger partial charge >= 0.3 is 0 Å². The van der Waals surface area contributed by atoms with Gasteiger partial charge in [0.25, 0.3) is 0 Å². The van der Waals surface area contributed by atoms with Gasteiger partial charge in [-0.1, -0.05) is 13.8 Å². The van der Waals surface area contributed by atoms with Crippen LogP contribution in [0.3, 0.4) is 0 Å². The highest BCUT2D eigenvalue weighted by Crippen LogP contribution is 2.20. The maximum atomic E-state index is 4.21. The molecule has 1 aliphatic rings. The first kappa shape index (κ1) is 5.80. The Morgan fingerprint density at radius 1 is 1.38 bits per heavy atom. The fourth-order valence-corrected chi connectivity index (χ4v) is 1.12. The summed E-state index contributed by atoms with van der Waals surface area (Å²) in [7, 11) is 0. The standard InChI is InChI=1S/C7H13N/c1-3-6-5-8-7(6)4-2/h5-7H,3-4H2,1-2H3. The van der Waals surface area contributed by atoms with Crippen LogP contribution in [0, 0.1) is 5.92 Å². The van der Waals surface area contributed by atoms with E-state index in [2.05, 4.69) is 25.1 Å². The molecule has 8 heavy (non-hydrogen) atoms. The van der Waals surface area contributed by atoms with Crippen LogP contribution in [0.5, 0.6) is 0 Å². The third kappa shape index (κ3) is 0.770. The van der Waals surface area contributed by atoms with Crippen molar-refractivity contribution < 1.29 is 0 Å². The Hall–Kier alpha value is -0.330. The van der Waals surface area contributed by atoms with E-state index in [1.807, 2.05) is 0 Å². The molecule has 0 spiro atoms. The predicted octanol–water partition coefficient (Wildman–Crippen LogP) is 1.88. The molecule has 0 bridgehead atoms. The summed E-state index contributed by atoms with van der Waals surface area (Å²) in [6, 6.07) is 0.667. The number of aliphatic imine (C=N–C) groups is 1. The molecule has 0 aromatic carbocycles. The zero-order valence-electron chi connectivity index (χ0n) is 5.59. The van der Waals surface area contributed by atoms with Crippen molar-refractivity contribution in [3.8, 4) is 0 Å². The molecule has 1 aliphatic heterocycles. The summed E-state index contributed by atoms with van der Waals surface area (Å²) in [5.41, 5.74) is 0. The number of hydrogen-bond donors (Lipinski definition) is 0. The van der Waals surface area contributed by atoms with Gasteiger partial charge in [-0.25, -0.2) is 0 Å². The van der Waals surface area contributed by atoms with Crippen LogP contribution in [0.15, 0.2) is 4.99 Å². The van der Waals surface area contributed by atoms with E-state index in [1.165, 1.54) is 12.8 Å². The predicted molar refractivity (Wildman–Crippen MR) is 36.4 cm³/mol. The summed E-state index contributed by atoms with van der Waals surface area (Å²) < 4.78 is 0. The second kappa shape index (κ2) is 2.29.